The summed E-state index contributed by atoms with van der Waals surface area (Å²) in [5.41, 5.74) is 2.87. The Labute approximate surface area is 119 Å². The van der Waals surface area contributed by atoms with E-state index in [2.05, 4.69) is 15.2 Å². The first-order chi connectivity index (χ1) is 10.3. The lowest BCUT2D eigenvalue weighted by Gasteiger charge is -1.98. The fraction of sp³-hybridized carbons (Fsp3) is 0.133. The van der Waals surface area contributed by atoms with Gasteiger partial charge in [0.2, 0.25) is 0 Å². The van der Waals surface area contributed by atoms with Crippen LogP contribution in [-0.2, 0) is 6.54 Å². The third-order valence-corrected chi connectivity index (χ3v) is 3.52. The van der Waals surface area contributed by atoms with Crippen molar-refractivity contribution < 1.29 is 8.91 Å². The molecule has 0 unspecified atom stereocenters. The van der Waals surface area contributed by atoms with Crippen LogP contribution in [-0.4, -0.2) is 19.9 Å². The molecule has 0 atom stereocenters. The highest BCUT2D eigenvalue weighted by molar-refractivity contribution is 6.05. The van der Waals surface area contributed by atoms with Crippen LogP contribution in [0.2, 0.25) is 0 Å². The fourth-order valence-corrected chi connectivity index (χ4v) is 2.46. The standard InChI is InChI=1S/C15H11FN4O/c1-2-20-15-12(8-18-20)14-11(7-17-15)13(19-21-14)9-3-5-10(16)6-4-9/h3-8H,2H2,1H3. The molecule has 1 aromatic carbocycles. The van der Waals surface area contributed by atoms with E-state index >= 15 is 0 Å². The summed E-state index contributed by atoms with van der Waals surface area (Å²) in [5, 5.41) is 10.0. The zero-order valence-corrected chi connectivity index (χ0v) is 11.2. The Balaban J connectivity index is 1.98. The van der Waals surface area contributed by atoms with Crippen molar-refractivity contribution in [3.8, 4) is 11.3 Å². The van der Waals surface area contributed by atoms with E-state index in [0.29, 0.717) is 11.3 Å². The minimum atomic E-state index is -0.281. The lowest BCUT2D eigenvalue weighted by Crippen LogP contribution is -1.96. The van der Waals surface area contributed by atoms with Crippen LogP contribution in [0.3, 0.4) is 0 Å². The molecule has 0 fully saturated rings. The van der Waals surface area contributed by atoms with Gasteiger partial charge in [0.05, 0.1) is 17.0 Å². The van der Waals surface area contributed by atoms with Crippen LogP contribution >= 0.6 is 0 Å². The summed E-state index contributed by atoms with van der Waals surface area (Å²) in [6.07, 6.45) is 3.45. The van der Waals surface area contributed by atoms with E-state index in [1.807, 2.05) is 6.92 Å². The molecule has 0 saturated carbocycles. The van der Waals surface area contributed by atoms with E-state index in [1.54, 1.807) is 29.2 Å². The van der Waals surface area contributed by atoms with Gasteiger partial charge in [0.1, 0.15) is 11.5 Å². The van der Waals surface area contributed by atoms with Crippen molar-refractivity contribution in [2.24, 2.45) is 0 Å². The minimum Gasteiger partial charge on any atom is -0.355 e. The van der Waals surface area contributed by atoms with Crippen molar-refractivity contribution >= 4 is 22.0 Å². The molecule has 3 aromatic heterocycles. The van der Waals surface area contributed by atoms with Crippen molar-refractivity contribution in [3.63, 3.8) is 0 Å². The predicted octanol–water partition coefficient (Wildman–Crippen LogP) is 3.40. The molecule has 0 bridgehead atoms. The average Bonchev–Trinajstić information content (AvgIpc) is 3.11. The second kappa shape index (κ2) is 4.37. The lowest BCUT2D eigenvalue weighted by atomic mass is 10.1. The number of nitrogens with zero attached hydrogens (tertiary/aromatic N) is 4. The second-order valence-corrected chi connectivity index (χ2v) is 4.74. The molecule has 5 nitrogen and oxygen atoms in total. The Kier molecular flexibility index (Phi) is 2.50. The molecule has 0 aliphatic rings. The highest BCUT2D eigenvalue weighted by atomic mass is 19.1. The molecule has 0 aliphatic heterocycles. The summed E-state index contributed by atoms with van der Waals surface area (Å²) < 4.78 is 20.3. The van der Waals surface area contributed by atoms with E-state index in [4.69, 9.17) is 4.52 Å². The number of halogens is 1. The predicted molar refractivity (Wildman–Crippen MR) is 76.2 cm³/mol. The summed E-state index contributed by atoms with van der Waals surface area (Å²) >= 11 is 0. The molecule has 21 heavy (non-hydrogen) atoms. The van der Waals surface area contributed by atoms with Crippen LogP contribution in [0.1, 0.15) is 6.92 Å². The van der Waals surface area contributed by atoms with Crippen LogP contribution in [0.5, 0.6) is 0 Å². The van der Waals surface area contributed by atoms with Gasteiger partial charge < -0.3 is 4.52 Å². The van der Waals surface area contributed by atoms with Gasteiger partial charge in [-0.1, -0.05) is 5.16 Å². The Hall–Kier alpha value is -2.76. The number of hydrogen-bond donors (Lipinski definition) is 0. The van der Waals surface area contributed by atoms with E-state index in [9.17, 15) is 4.39 Å². The minimum absolute atomic E-state index is 0.281. The molecule has 0 aliphatic carbocycles. The molecule has 0 amide bonds. The maximum Gasteiger partial charge on any atom is 0.181 e. The Morgan fingerprint density at radius 1 is 1.14 bits per heavy atom. The monoisotopic (exact) mass is 282 g/mol. The number of aromatic nitrogens is 4. The van der Waals surface area contributed by atoms with Gasteiger partial charge >= 0.3 is 0 Å². The molecule has 3 heterocycles. The van der Waals surface area contributed by atoms with Gasteiger partial charge in [-0.2, -0.15) is 5.10 Å². The number of benzene rings is 1. The summed E-state index contributed by atoms with van der Waals surface area (Å²) in [4.78, 5) is 4.44. The number of pyridine rings is 1. The van der Waals surface area contributed by atoms with Crippen LogP contribution in [0.15, 0.2) is 41.2 Å². The zero-order chi connectivity index (χ0) is 14.4. The molecule has 0 saturated heterocycles. The number of aryl methyl sites for hydroxylation is 1. The van der Waals surface area contributed by atoms with Gasteiger partial charge in [-0.15, -0.1) is 0 Å². The molecule has 0 N–H and O–H groups in total. The molecule has 4 aromatic rings. The van der Waals surface area contributed by atoms with Gasteiger partial charge in [-0.25, -0.2) is 14.1 Å². The largest absolute Gasteiger partial charge is 0.355 e. The third kappa shape index (κ3) is 1.72. The number of fused-ring (bicyclic) bond motifs is 3. The molecule has 6 heteroatoms. The van der Waals surface area contributed by atoms with Gasteiger partial charge in [0.25, 0.3) is 0 Å². The van der Waals surface area contributed by atoms with Crippen molar-refractivity contribution in [3.05, 3.63) is 42.5 Å². The normalized spacial score (nSPS) is 11.5. The molecule has 0 spiro atoms. The van der Waals surface area contributed by atoms with Crippen molar-refractivity contribution in [2.75, 3.05) is 0 Å². The third-order valence-electron chi connectivity index (χ3n) is 3.52. The Morgan fingerprint density at radius 2 is 1.95 bits per heavy atom. The fourth-order valence-electron chi connectivity index (χ4n) is 2.46. The maximum absolute atomic E-state index is 13.0. The molecule has 4 rings (SSSR count). The van der Waals surface area contributed by atoms with Crippen LogP contribution in [0, 0.1) is 5.82 Å². The highest BCUT2D eigenvalue weighted by Crippen LogP contribution is 2.31. The van der Waals surface area contributed by atoms with Gasteiger partial charge in [-0.05, 0) is 31.2 Å². The lowest BCUT2D eigenvalue weighted by molar-refractivity contribution is 0.461. The summed E-state index contributed by atoms with van der Waals surface area (Å²) in [6, 6.07) is 6.15. The maximum atomic E-state index is 13.0. The van der Waals surface area contributed by atoms with Crippen molar-refractivity contribution in [1.82, 2.24) is 19.9 Å². The average molecular weight is 282 g/mol. The van der Waals surface area contributed by atoms with E-state index < -0.39 is 0 Å². The summed E-state index contributed by atoms with van der Waals surface area (Å²) in [7, 11) is 0. The topological polar surface area (TPSA) is 56.7 Å². The zero-order valence-electron chi connectivity index (χ0n) is 11.2. The molecular formula is C15H11FN4O. The molecule has 104 valence electrons. The smallest absolute Gasteiger partial charge is 0.181 e. The van der Waals surface area contributed by atoms with Crippen molar-refractivity contribution in [2.45, 2.75) is 13.5 Å². The molecule has 0 radical (unpaired) electrons. The first-order valence-electron chi connectivity index (χ1n) is 6.63. The SMILES string of the molecule is CCn1ncc2c3onc(-c4ccc(F)cc4)c3cnc21. The van der Waals surface area contributed by atoms with E-state index in [0.717, 1.165) is 28.5 Å². The highest BCUT2D eigenvalue weighted by Gasteiger charge is 2.16. The summed E-state index contributed by atoms with van der Waals surface area (Å²) in [6.45, 7) is 2.74. The van der Waals surface area contributed by atoms with E-state index in [-0.39, 0.29) is 5.82 Å². The quantitative estimate of drug-likeness (QED) is 0.565. The van der Waals surface area contributed by atoms with Gasteiger partial charge in [0, 0.05) is 18.3 Å². The number of hydrogen-bond acceptors (Lipinski definition) is 4. The van der Waals surface area contributed by atoms with E-state index in [1.165, 1.54) is 12.1 Å². The van der Waals surface area contributed by atoms with Crippen LogP contribution in [0.25, 0.3) is 33.3 Å². The van der Waals surface area contributed by atoms with Crippen molar-refractivity contribution in [1.29, 1.82) is 0 Å². The number of rotatable bonds is 2. The Morgan fingerprint density at radius 3 is 2.71 bits per heavy atom. The second-order valence-electron chi connectivity index (χ2n) is 4.74. The first kappa shape index (κ1) is 12.0. The summed E-state index contributed by atoms with van der Waals surface area (Å²) in [5.74, 6) is -0.281. The molecular weight excluding hydrogens is 271 g/mol. The van der Waals surface area contributed by atoms with Crippen LogP contribution < -0.4 is 0 Å². The first-order valence-corrected chi connectivity index (χ1v) is 6.63. The Bertz CT molecular complexity index is 940. The van der Waals surface area contributed by atoms with Gasteiger partial charge in [-0.3, -0.25) is 0 Å². The van der Waals surface area contributed by atoms with Gasteiger partial charge in [0.15, 0.2) is 11.2 Å². The van der Waals surface area contributed by atoms with Crippen LogP contribution in [0.4, 0.5) is 4.39 Å².